The van der Waals surface area contributed by atoms with Crippen LogP contribution in [0.2, 0.25) is 5.15 Å². The van der Waals surface area contributed by atoms with Gasteiger partial charge in [0.05, 0.1) is 6.54 Å². The molecule has 0 bridgehead atoms. The molecule has 2 aromatic heterocycles. The van der Waals surface area contributed by atoms with Gasteiger partial charge in [-0.05, 0) is 31.9 Å². The second-order valence-electron chi connectivity index (χ2n) is 4.57. The van der Waals surface area contributed by atoms with Crippen LogP contribution in [0.4, 0.5) is 5.82 Å². The lowest BCUT2D eigenvalue weighted by molar-refractivity contribution is 0.490. The van der Waals surface area contributed by atoms with Gasteiger partial charge in [-0.1, -0.05) is 11.6 Å². The summed E-state index contributed by atoms with van der Waals surface area (Å²) in [6, 6.07) is 5.63. The van der Waals surface area contributed by atoms with E-state index in [1.807, 2.05) is 19.1 Å². The molecule has 1 fully saturated rings. The molecule has 5 heteroatoms. The summed E-state index contributed by atoms with van der Waals surface area (Å²) in [4.78, 5) is 8.71. The average Bonchev–Trinajstić information content (AvgIpc) is 3.10. The van der Waals surface area contributed by atoms with Gasteiger partial charge in [-0.15, -0.1) is 0 Å². The van der Waals surface area contributed by atoms with E-state index < -0.39 is 0 Å². The molecular formula is C13H14ClN3O. The largest absolute Gasteiger partial charge is 0.465 e. The molecule has 94 valence electrons. The topological polar surface area (TPSA) is 51.0 Å². The van der Waals surface area contributed by atoms with Crippen molar-refractivity contribution in [3.8, 4) is 0 Å². The molecule has 0 amide bonds. The van der Waals surface area contributed by atoms with Crippen molar-refractivity contribution in [3.63, 3.8) is 0 Å². The highest BCUT2D eigenvalue weighted by Gasteiger charge is 2.27. The first kappa shape index (κ1) is 11.5. The number of furan rings is 1. The zero-order valence-electron chi connectivity index (χ0n) is 10.1. The second-order valence-corrected chi connectivity index (χ2v) is 4.96. The van der Waals surface area contributed by atoms with Crippen molar-refractivity contribution < 1.29 is 4.42 Å². The highest BCUT2D eigenvalue weighted by Crippen LogP contribution is 2.38. The number of hydrogen-bond acceptors (Lipinski definition) is 4. The van der Waals surface area contributed by atoms with Gasteiger partial charge in [-0.2, -0.15) is 0 Å². The molecule has 0 aromatic carbocycles. The number of aromatic nitrogens is 2. The Kier molecular flexibility index (Phi) is 2.96. The number of nitrogens with zero attached hydrogens (tertiary/aromatic N) is 2. The van der Waals surface area contributed by atoms with Crippen molar-refractivity contribution in [1.82, 2.24) is 9.97 Å². The molecule has 2 heterocycles. The summed E-state index contributed by atoms with van der Waals surface area (Å²) in [5, 5.41) is 3.70. The molecule has 1 N–H and O–H groups in total. The minimum atomic E-state index is 0.491. The minimum Gasteiger partial charge on any atom is -0.465 e. The number of rotatable bonds is 4. The molecule has 1 saturated carbocycles. The van der Waals surface area contributed by atoms with Crippen molar-refractivity contribution in [2.24, 2.45) is 0 Å². The first-order valence-corrected chi connectivity index (χ1v) is 6.42. The first-order chi connectivity index (χ1) is 8.70. The Morgan fingerprint density at radius 2 is 2.22 bits per heavy atom. The maximum Gasteiger partial charge on any atom is 0.135 e. The highest BCUT2D eigenvalue weighted by atomic mass is 35.5. The van der Waals surface area contributed by atoms with E-state index in [0.29, 0.717) is 17.6 Å². The summed E-state index contributed by atoms with van der Waals surface area (Å²) in [5.74, 6) is 3.89. The maximum absolute atomic E-state index is 5.99. The predicted molar refractivity (Wildman–Crippen MR) is 69.8 cm³/mol. The molecule has 0 spiro atoms. The van der Waals surface area contributed by atoms with Gasteiger partial charge in [0.1, 0.15) is 28.3 Å². The molecule has 4 nitrogen and oxygen atoms in total. The second kappa shape index (κ2) is 4.61. The summed E-state index contributed by atoms with van der Waals surface area (Å²) < 4.78 is 5.49. The van der Waals surface area contributed by atoms with Crippen LogP contribution in [0, 0.1) is 6.92 Å². The Bertz CT molecular complexity index is 563. The Morgan fingerprint density at radius 3 is 2.89 bits per heavy atom. The molecule has 1 aliphatic rings. The van der Waals surface area contributed by atoms with Crippen LogP contribution in [-0.4, -0.2) is 9.97 Å². The van der Waals surface area contributed by atoms with Crippen molar-refractivity contribution in [2.75, 3.05) is 5.32 Å². The van der Waals surface area contributed by atoms with Gasteiger partial charge in [0.25, 0.3) is 0 Å². The number of nitrogens with one attached hydrogen (secondary N) is 1. The zero-order chi connectivity index (χ0) is 12.5. The molecule has 0 unspecified atom stereocenters. The minimum absolute atomic E-state index is 0.491. The van der Waals surface area contributed by atoms with Crippen LogP contribution >= 0.6 is 11.6 Å². The lowest BCUT2D eigenvalue weighted by Crippen LogP contribution is -2.03. The van der Waals surface area contributed by atoms with Crippen molar-refractivity contribution >= 4 is 17.4 Å². The Balaban J connectivity index is 1.71. The molecule has 2 aromatic rings. The van der Waals surface area contributed by atoms with Gasteiger partial charge in [0.2, 0.25) is 0 Å². The normalized spacial score (nSPS) is 14.8. The van der Waals surface area contributed by atoms with E-state index in [9.17, 15) is 0 Å². The van der Waals surface area contributed by atoms with Crippen molar-refractivity contribution in [2.45, 2.75) is 32.2 Å². The van der Waals surface area contributed by atoms with Gasteiger partial charge >= 0.3 is 0 Å². The molecule has 0 atom stereocenters. The molecule has 0 radical (unpaired) electrons. The fraction of sp³-hybridized carbons (Fsp3) is 0.385. The highest BCUT2D eigenvalue weighted by molar-refractivity contribution is 6.29. The van der Waals surface area contributed by atoms with E-state index in [1.54, 1.807) is 6.07 Å². The van der Waals surface area contributed by atoms with Gasteiger partial charge in [-0.3, -0.25) is 0 Å². The van der Waals surface area contributed by atoms with Crippen LogP contribution in [0.15, 0.2) is 22.6 Å². The van der Waals surface area contributed by atoms with E-state index in [1.165, 1.54) is 0 Å². The van der Waals surface area contributed by atoms with Crippen LogP contribution < -0.4 is 5.32 Å². The SMILES string of the molecule is Cc1ccc(CNc2cc(Cl)nc(C3CC3)n2)o1. The van der Waals surface area contributed by atoms with Gasteiger partial charge < -0.3 is 9.73 Å². The smallest absolute Gasteiger partial charge is 0.135 e. The molecule has 0 saturated heterocycles. The van der Waals surface area contributed by atoms with Crippen LogP contribution in [0.25, 0.3) is 0 Å². The third-order valence-electron chi connectivity index (χ3n) is 2.89. The summed E-state index contributed by atoms with van der Waals surface area (Å²) >= 11 is 5.99. The van der Waals surface area contributed by atoms with E-state index in [-0.39, 0.29) is 0 Å². The fourth-order valence-corrected chi connectivity index (χ4v) is 2.00. The molecular weight excluding hydrogens is 250 g/mol. The Labute approximate surface area is 110 Å². The third-order valence-corrected chi connectivity index (χ3v) is 3.09. The average molecular weight is 264 g/mol. The molecule has 18 heavy (non-hydrogen) atoms. The monoisotopic (exact) mass is 263 g/mol. The quantitative estimate of drug-likeness (QED) is 0.858. The van der Waals surface area contributed by atoms with Gasteiger partial charge in [0, 0.05) is 12.0 Å². The lowest BCUT2D eigenvalue weighted by Gasteiger charge is -2.06. The van der Waals surface area contributed by atoms with E-state index in [4.69, 9.17) is 16.0 Å². The summed E-state index contributed by atoms with van der Waals surface area (Å²) in [5.41, 5.74) is 0. The van der Waals surface area contributed by atoms with Crippen LogP contribution in [0.5, 0.6) is 0 Å². The van der Waals surface area contributed by atoms with Crippen LogP contribution in [0.1, 0.15) is 36.1 Å². The van der Waals surface area contributed by atoms with Crippen LogP contribution in [-0.2, 0) is 6.54 Å². The van der Waals surface area contributed by atoms with Crippen molar-refractivity contribution in [3.05, 3.63) is 40.7 Å². The number of hydrogen-bond donors (Lipinski definition) is 1. The van der Waals surface area contributed by atoms with Crippen LogP contribution in [0.3, 0.4) is 0 Å². The lowest BCUT2D eigenvalue weighted by atomic mass is 10.4. The number of anilines is 1. The van der Waals surface area contributed by atoms with E-state index in [2.05, 4.69) is 15.3 Å². The van der Waals surface area contributed by atoms with E-state index in [0.717, 1.165) is 36.0 Å². The molecule has 3 rings (SSSR count). The van der Waals surface area contributed by atoms with Gasteiger partial charge in [-0.25, -0.2) is 9.97 Å². The third kappa shape index (κ3) is 2.64. The standard InChI is InChI=1S/C13H14ClN3O/c1-8-2-5-10(18-8)7-15-12-6-11(14)16-13(17-12)9-3-4-9/h2,5-6,9H,3-4,7H2,1H3,(H,15,16,17). The summed E-state index contributed by atoms with van der Waals surface area (Å²) in [6.07, 6.45) is 2.33. The predicted octanol–water partition coefficient (Wildman–Crippen LogP) is 3.52. The van der Waals surface area contributed by atoms with Crippen molar-refractivity contribution in [1.29, 1.82) is 0 Å². The first-order valence-electron chi connectivity index (χ1n) is 6.04. The summed E-state index contributed by atoms with van der Waals surface area (Å²) in [7, 11) is 0. The number of aryl methyl sites for hydroxylation is 1. The maximum atomic E-state index is 5.99. The Morgan fingerprint density at radius 1 is 1.39 bits per heavy atom. The summed E-state index contributed by atoms with van der Waals surface area (Å²) in [6.45, 7) is 2.53. The fourth-order valence-electron chi connectivity index (χ4n) is 1.81. The van der Waals surface area contributed by atoms with Gasteiger partial charge in [0.15, 0.2) is 0 Å². The number of halogens is 1. The van der Waals surface area contributed by atoms with E-state index >= 15 is 0 Å². The Hall–Kier alpha value is -1.55. The molecule has 1 aliphatic carbocycles. The zero-order valence-corrected chi connectivity index (χ0v) is 10.9. The molecule has 0 aliphatic heterocycles.